The summed E-state index contributed by atoms with van der Waals surface area (Å²) in [6.07, 6.45) is 1.85. The summed E-state index contributed by atoms with van der Waals surface area (Å²) < 4.78 is 0. The average Bonchev–Trinajstić information content (AvgIpc) is 2.82. The first-order valence-corrected chi connectivity index (χ1v) is 6.33. The minimum Gasteiger partial charge on any atom is -0.366 e. The number of aromatic amines is 1. The van der Waals surface area contributed by atoms with E-state index in [0.717, 1.165) is 34.7 Å². The van der Waals surface area contributed by atoms with Crippen molar-refractivity contribution in [3.63, 3.8) is 0 Å². The van der Waals surface area contributed by atoms with E-state index in [2.05, 4.69) is 39.6 Å². The van der Waals surface area contributed by atoms with Crippen LogP contribution in [0.1, 0.15) is 16.8 Å². The van der Waals surface area contributed by atoms with E-state index in [0.29, 0.717) is 0 Å². The molecule has 0 unspecified atom stereocenters. The van der Waals surface area contributed by atoms with Gasteiger partial charge in [0.05, 0.1) is 11.7 Å². The van der Waals surface area contributed by atoms with Gasteiger partial charge in [0, 0.05) is 23.2 Å². The lowest BCUT2D eigenvalue weighted by atomic mass is 10.1. The van der Waals surface area contributed by atoms with Crippen LogP contribution in [0.4, 0.5) is 5.82 Å². The van der Waals surface area contributed by atoms with Crippen LogP contribution in [0.25, 0.3) is 10.9 Å². The van der Waals surface area contributed by atoms with Crippen molar-refractivity contribution in [2.24, 2.45) is 0 Å². The van der Waals surface area contributed by atoms with Gasteiger partial charge in [-0.3, -0.25) is 5.10 Å². The second kappa shape index (κ2) is 4.72. The molecule has 0 atom stereocenters. The van der Waals surface area contributed by atoms with E-state index in [1.54, 1.807) is 0 Å². The van der Waals surface area contributed by atoms with E-state index in [-0.39, 0.29) is 0 Å². The molecule has 4 heteroatoms. The van der Waals surface area contributed by atoms with Crippen LogP contribution in [0.5, 0.6) is 0 Å². The lowest BCUT2D eigenvalue weighted by Crippen LogP contribution is -2.03. The quantitative estimate of drug-likeness (QED) is 0.752. The minimum absolute atomic E-state index is 0.731. The van der Waals surface area contributed by atoms with Gasteiger partial charge in [-0.25, -0.2) is 4.98 Å². The normalized spacial score (nSPS) is 10.8. The summed E-state index contributed by atoms with van der Waals surface area (Å²) in [7, 11) is 0. The summed E-state index contributed by atoms with van der Waals surface area (Å²) in [5.41, 5.74) is 4.42. The molecule has 0 aliphatic heterocycles. The van der Waals surface area contributed by atoms with Gasteiger partial charge < -0.3 is 5.32 Å². The molecule has 19 heavy (non-hydrogen) atoms. The highest BCUT2D eigenvalue weighted by atomic mass is 15.1. The summed E-state index contributed by atoms with van der Waals surface area (Å²) in [5.74, 6) is 0.930. The van der Waals surface area contributed by atoms with Gasteiger partial charge in [0.15, 0.2) is 0 Å². The maximum absolute atomic E-state index is 4.66. The van der Waals surface area contributed by atoms with E-state index in [1.807, 2.05) is 31.3 Å². The zero-order valence-corrected chi connectivity index (χ0v) is 11.1. The van der Waals surface area contributed by atoms with Crippen LogP contribution >= 0.6 is 0 Å². The Morgan fingerprint density at radius 3 is 2.84 bits per heavy atom. The predicted octanol–water partition coefficient (Wildman–Crippen LogP) is 3.19. The van der Waals surface area contributed by atoms with Crippen LogP contribution in [0.2, 0.25) is 0 Å². The number of hydrogen-bond donors (Lipinski definition) is 2. The Morgan fingerprint density at radius 1 is 1.21 bits per heavy atom. The molecule has 0 amide bonds. The van der Waals surface area contributed by atoms with Crippen LogP contribution in [0, 0.1) is 13.8 Å². The number of rotatable bonds is 3. The molecular weight excluding hydrogens is 236 g/mol. The Balaban J connectivity index is 1.88. The number of benzene rings is 1. The van der Waals surface area contributed by atoms with Gasteiger partial charge in [-0.2, -0.15) is 5.10 Å². The van der Waals surface area contributed by atoms with Crippen molar-refractivity contribution < 1.29 is 0 Å². The van der Waals surface area contributed by atoms with Crippen LogP contribution < -0.4 is 5.32 Å². The van der Waals surface area contributed by atoms with Crippen molar-refractivity contribution >= 4 is 16.7 Å². The third-order valence-electron chi connectivity index (χ3n) is 3.30. The van der Waals surface area contributed by atoms with E-state index >= 15 is 0 Å². The number of hydrogen-bond acceptors (Lipinski definition) is 3. The zero-order valence-electron chi connectivity index (χ0n) is 11.1. The molecule has 0 aliphatic rings. The number of nitrogens with zero attached hydrogens (tertiary/aromatic N) is 2. The molecule has 2 N–H and O–H groups in total. The topological polar surface area (TPSA) is 53.6 Å². The number of para-hydroxylation sites is 1. The smallest absolute Gasteiger partial charge is 0.129 e. The summed E-state index contributed by atoms with van der Waals surface area (Å²) >= 11 is 0. The molecule has 4 nitrogen and oxygen atoms in total. The summed E-state index contributed by atoms with van der Waals surface area (Å²) in [6, 6.07) is 10.3. The Labute approximate surface area is 111 Å². The maximum atomic E-state index is 4.66. The van der Waals surface area contributed by atoms with E-state index in [4.69, 9.17) is 0 Å². The highest BCUT2D eigenvalue weighted by Gasteiger charge is 2.05. The number of pyridine rings is 1. The zero-order chi connectivity index (χ0) is 13.2. The van der Waals surface area contributed by atoms with E-state index < -0.39 is 0 Å². The third-order valence-corrected chi connectivity index (χ3v) is 3.30. The minimum atomic E-state index is 0.731. The second-order valence-corrected chi connectivity index (χ2v) is 4.72. The van der Waals surface area contributed by atoms with E-state index in [9.17, 15) is 0 Å². The number of nitrogens with one attached hydrogen (secondary N) is 2. The van der Waals surface area contributed by atoms with Crippen molar-refractivity contribution in [2.45, 2.75) is 20.4 Å². The highest BCUT2D eigenvalue weighted by molar-refractivity contribution is 5.81. The van der Waals surface area contributed by atoms with Gasteiger partial charge in [-0.1, -0.05) is 18.2 Å². The van der Waals surface area contributed by atoms with Crippen molar-refractivity contribution in [1.82, 2.24) is 15.2 Å². The fourth-order valence-corrected chi connectivity index (χ4v) is 2.13. The summed E-state index contributed by atoms with van der Waals surface area (Å²) in [4.78, 5) is 4.66. The largest absolute Gasteiger partial charge is 0.366 e. The van der Waals surface area contributed by atoms with E-state index in [1.165, 1.54) is 5.39 Å². The molecule has 2 heterocycles. The van der Waals surface area contributed by atoms with Crippen molar-refractivity contribution in [2.75, 3.05) is 5.32 Å². The molecule has 3 aromatic rings. The van der Waals surface area contributed by atoms with Crippen LogP contribution in [0.3, 0.4) is 0 Å². The molecule has 1 aromatic carbocycles. The molecule has 96 valence electrons. The van der Waals surface area contributed by atoms with Gasteiger partial charge in [-0.05, 0) is 31.5 Å². The molecule has 0 aliphatic carbocycles. The number of H-pyrrole nitrogens is 1. The van der Waals surface area contributed by atoms with Gasteiger partial charge in [-0.15, -0.1) is 0 Å². The Hall–Kier alpha value is -2.36. The van der Waals surface area contributed by atoms with Gasteiger partial charge in [0.2, 0.25) is 0 Å². The molecule has 3 rings (SSSR count). The van der Waals surface area contributed by atoms with Gasteiger partial charge >= 0.3 is 0 Å². The average molecular weight is 252 g/mol. The number of anilines is 1. The summed E-state index contributed by atoms with van der Waals surface area (Å²) in [5, 5.41) is 11.5. The van der Waals surface area contributed by atoms with Crippen molar-refractivity contribution in [3.8, 4) is 0 Å². The molecule has 0 spiro atoms. The molecule has 2 aromatic heterocycles. The Bertz CT molecular complexity index is 715. The van der Waals surface area contributed by atoms with Crippen molar-refractivity contribution in [1.29, 1.82) is 0 Å². The molecule has 0 saturated heterocycles. The monoisotopic (exact) mass is 252 g/mol. The van der Waals surface area contributed by atoms with Gasteiger partial charge in [0.1, 0.15) is 5.82 Å². The van der Waals surface area contributed by atoms with Crippen LogP contribution in [0.15, 0.2) is 36.5 Å². The van der Waals surface area contributed by atoms with Gasteiger partial charge in [0.25, 0.3) is 0 Å². The fourth-order valence-electron chi connectivity index (χ4n) is 2.13. The number of fused-ring (bicyclic) bond motifs is 1. The maximum Gasteiger partial charge on any atom is 0.129 e. The number of aromatic nitrogens is 3. The lowest BCUT2D eigenvalue weighted by Gasteiger charge is -2.09. The SMILES string of the molecule is Cc1cc2ccccc2nc1NCc1cn[nH]c1C. The summed E-state index contributed by atoms with van der Waals surface area (Å²) in [6.45, 7) is 4.82. The molecule has 0 radical (unpaired) electrons. The highest BCUT2D eigenvalue weighted by Crippen LogP contribution is 2.20. The Morgan fingerprint density at radius 2 is 2.05 bits per heavy atom. The first-order valence-electron chi connectivity index (χ1n) is 6.33. The standard InChI is InChI=1S/C15H16N4/c1-10-7-12-5-3-4-6-14(12)18-15(10)16-8-13-9-17-19-11(13)2/h3-7,9H,8H2,1-2H3,(H,16,18)(H,17,19). The fraction of sp³-hybridized carbons (Fsp3) is 0.200. The first-order chi connectivity index (χ1) is 9.24. The second-order valence-electron chi connectivity index (χ2n) is 4.72. The first kappa shape index (κ1) is 11.7. The molecule has 0 saturated carbocycles. The lowest BCUT2D eigenvalue weighted by molar-refractivity contribution is 1.04. The van der Waals surface area contributed by atoms with Crippen LogP contribution in [-0.2, 0) is 6.54 Å². The molecule has 0 bridgehead atoms. The van der Waals surface area contributed by atoms with Crippen LogP contribution in [-0.4, -0.2) is 15.2 Å². The van der Waals surface area contributed by atoms with Crippen molar-refractivity contribution in [3.05, 3.63) is 53.3 Å². The third kappa shape index (κ3) is 2.29. The number of aryl methyl sites for hydroxylation is 2. The molecular formula is C15H16N4. The molecule has 0 fully saturated rings. The predicted molar refractivity (Wildman–Crippen MR) is 77.1 cm³/mol. The Kier molecular flexibility index (Phi) is 2.91.